The molecule has 0 aliphatic carbocycles. The van der Waals surface area contributed by atoms with E-state index in [1.54, 1.807) is 18.2 Å². The van der Waals surface area contributed by atoms with Crippen molar-refractivity contribution in [3.8, 4) is 0 Å². The van der Waals surface area contributed by atoms with Crippen molar-refractivity contribution < 1.29 is 9.18 Å². The number of amides is 1. The first-order valence-electron chi connectivity index (χ1n) is 7.57. The quantitative estimate of drug-likeness (QED) is 0.825. The van der Waals surface area contributed by atoms with Crippen LogP contribution in [0.2, 0.25) is 0 Å². The van der Waals surface area contributed by atoms with Gasteiger partial charge in [0.2, 0.25) is 5.91 Å². The maximum absolute atomic E-state index is 13.4. The van der Waals surface area contributed by atoms with Gasteiger partial charge in [-0.15, -0.1) is 0 Å². The Kier molecular flexibility index (Phi) is 5.97. The number of hydrogen-bond acceptors (Lipinski definition) is 3. The predicted molar refractivity (Wildman–Crippen MR) is 92.1 cm³/mol. The van der Waals surface area contributed by atoms with Crippen molar-refractivity contribution in [3.05, 3.63) is 59.9 Å². The number of hydrogen-bond donors (Lipinski definition) is 2. The lowest BCUT2D eigenvalue weighted by atomic mass is 10.2. The third kappa shape index (κ3) is 5.29. The lowest BCUT2D eigenvalue weighted by Crippen LogP contribution is -2.25. The van der Waals surface area contributed by atoms with Crippen LogP contribution in [0.4, 0.5) is 15.8 Å². The average molecular weight is 315 g/mol. The highest BCUT2D eigenvalue weighted by atomic mass is 19.1. The number of halogens is 1. The van der Waals surface area contributed by atoms with Crippen molar-refractivity contribution in [1.29, 1.82) is 0 Å². The number of nitrogens with one attached hydrogen (secondary N) is 2. The largest absolute Gasteiger partial charge is 0.385 e. The number of rotatable bonds is 7. The van der Waals surface area contributed by atoms with Gasteiger partial charge in [-0.25, -0.2) is 4.39 Å². The number of carbonyl (C=O) groups is 1. The summed E-state index contributed by atoms with van der Waals surface area (Å²) in [7, 11) is 3.98. The first-order chi connectivity index (χ1) is 11.1. The zero-order chi connectivity index (χ0) is 16.7. The van der Waals surface area contributed by atoms with E-state index in [9.17, 15) is 9.18 Å². The highest BCUT2D eigenvalue weighted by Gasteiger charge is 2.04. The lowest BCUT2D eigenvalue weighted by molar-refractivity contribution is -0.121. The minimum Gasteiger partial charge on any atom is -0.385 e. The highest BCUT2D eigenvalue weighted by molar-refractivity contribution is 5.76. The number of anilines is 2. The van der Waals surface area contributed by atoms with E-state index in [2.05, 4.69) is 10.6 Å². The van der Waals surface area contributed by atoms with E-state index in [-0.39, 0.29) is 18.3 Å². The van der Waals surface area contributed by atoms with Gasteiger partial charge in [0.1, 0.15) is 5.82 Å². The lowest BCUT2D eigenvalue weighted by Gasteiger charge is -2.13. The van der Waals surface area contributed by atoms with Crippen LogP contribution < -0.4 is 15.5 Å². The van der Waals surface area contributed by atoms with Crippen LogP contribution in [-0.4, -0.2) is 26.5 Å². The molecule has 0 unspecified atom stereocenters. The predicted octanol–water partition coefficient (Wildman–Crippen LogP) is 3.01. The standard InChI is InChI=1S/C18H22FN3O/c1-22(2)16-9-7-15(8-10-16)20-12-11-18(23)21-13-14-5-3-4-6-17(14)19/h3-10,20H,11-13H2,1-2H3,(H,21,23). The Morgan fingerprint density at radius 3 is 2.43 bits per heavy atom. The molecule has 0 aliphatic rings. The fourth-order valence-electron chi connectivity index (χ4n) is 2.12. The Morgan fingerprint density at radius 2 is 1.78 bits per heavy atom. The Labute approximate surface area is 136 Å². The fraction of sp³-hybridized carbons (Fsp3) is 0.278. The van der Waals surface area contributed by atoms with E-state index in [4.69, 9.17) is 0 Å². The molecule has 0 fully saturated rings. The van der Waals surface area contributed by atoms with E-state index in [0.717, 1.165) is 11.4 Å². The maximum Gasteiger partial charge on any atom is 0.222 e. The van der Waals surface area contributed by atoms with Gasteiger partial charge in [-0.1, -0.05) is 18.2 Å². The molecule has 2 aromatic carbocycles. The van der Waals surface area contributed by atoms with Gasteiger partial charge in [0.05, 0.1) is 0 Å². The van der Waals surface area contributed by atoms with Gasteiger partial charge in [-0.3, -0.25) is 4.79 Å². The van der Waals surface area contributed by atoms with Crippen molar-refractivity contribution in [3.63, 3.8) is 0 Å². The van der Waals surface area contributed by atoms with E-state index in [1.165, 1.54) is 6.07 Å². The molecule has 0 heterocycles. The summed E-state index contributed by atoms with van der Waals surface area (Å²) < 4.78 is 13.4. The summed E-state index contributed by atoms with van der Waals surface area (Å²) in [5, 5.41) is 5.92. The van der Waals surface area contributed by atoms with Crippen LogP contribution in [0.3, 0.4) is 0 Å². The summed E-state index contributed by atoms with van der Waals surface area (Å²) in [5.41, 5.74) is 2.59. The smallest absolute Gasteiger partial charge is 0.222 e. The third-order valence-electron chi connectivity index (χ3n) is 3.50. The van der Waals surface area contributed by atoms with Crippen molar-refractivity contribution in [2.75, 3.05) is 30.9 Å². The first kappa shape index (κ1) is 16.8. The molecule has 122 valence electrons. The van der Waals surface area contributed by atoms with Crippen molar-refractivity contribution >= 4 is 17.3 Å². The van der Waals surface area contributed by atoms with E-state index < -0.39 is 0 Å². The minimum atomic E-state index is -0.299. The number of carbonyl (C=O) groups excluding carboxylic acids is 1. The van der Waals surface area contributed by atoms with Crippen LogP contribution in [0.15, 0.2) is 48.5 Å². The first-order valence-corrected chi connectivity index (χ1v) is 7.57. The molecule has 0 aliphatic heterocycles. The van der Waals surface area contributed by atoms with Gasteiger partial charge in [-0.2, -0.15) is 0 Å². The highest BCUT2D eigenvalue weighted by Crippen LogP contribution is 2.15. The van der Waals surface area contributed by atoms with Gasteiger partial charge in [0.25, 0.3) is 0 Å². The molecule has 0 atom stereocenters. The molecule has 2 N–H and O–H groups in total. The van der Waals surface area contributed by atoms with Crippen LogP contribution in [0, 0.1) is 5.82 Å². The molecule has 0 saturated carbocycles. The van der Waals surface area contributed by atoms with Crippen molar-refractivity contribution in [2.24, 2.45) is 0 Å². The summed E-state index contributed by atoms with van der Waals surface area (Å²) in [6.07, 6.45) is 0.337. The SMILES string of the molecule is CN(C)c1ccc(NCCC(=O)NCc2ccccc2F)cc1. The summed E-state index contributed by atoms with van der Waals surface area (Å²) in [6.45, 7) is 0.744. The van der Waals surface area contributed by atoms with Crippen LogP contribution in [0.1, 0.15) is 12.0 Å². The molecular weight excluding hydrogens is 293 g/mol. The van der Waals surface area contributed by atoms with E-state index in [1.807, 2.05) is 43.3 Å². The molecule has 23 heavy (non-hydrogen) atoms. The van der Waals surface area contributed by atoms with Crippen molar-refractivity contribution in [1.82, 2.24) is 5.32 Å². The minimum absolute atomic E-state index is 0.106. The van der Waals surface area contributed by atoms with Gasteiger partial charge in [0.15, 0.2) is 0 Å². The second kappa shape index (κ2) is 8.17. The Hall–Kier alpha value is -2.56. The fourth-order valence-corrected chi connectivity index (χ4v) is 2.12. The second-order valence-electron chi connectivity index (χ2n) is 5.49. The molecule has 1 amide bonds. The Morgan fingerprint density at radius 1 is 1.09 bits per heavy atom. The van der Waals surface area contributed by atoms with Crippen molar-refractivity contribution in [2.45, 2.75) is 13.0 Å². The van der Waals surface area contributed by atoms with E-state index >= 15 is 0 Å². The molecule has 0 bridgehead atoms. The number of nitrogens with zero attached hydrogens (tertiary/aromatic N) is 1. The molecule has 2 rings (SSSR count). The molecule has 4 nitrogen and oxygen atoms in total. The molecule has 0 spiro atoms. The molecule has 0 saturated heterocycles. The maximum atomic E-state index is 13.4. The van der Waals surface area contributed by atoms with Gasteiger partial charge >= 0.3 is 0 Å². The second-order valence-corrected chi connectivity index (χ2v) is 5.49. The van der Waals surface area contributed by atoms with Crippen LogP contribution in [0.5, 0.6) is 0 Å². The summed E-state index contributed by atoms with van der Waals surface area (Å²) in [6, 6.07) is 14.4. The topological polar surface area (TPSA) is 44.4 Å². The number of benzene rings is 2. The van der Waals surface area contributed by atoms with Crippen LogP contribution in [0.25, 0.3) is 0 Å². The van der Waals surface area contributed by atoms with Crippen LogP contribution in [-0.2, 0) is 11.3 Å². The molecular formula is C18H22FN3O. The summed E-state index contributed by atoms with van der Waals surface area (Å²) >= 11 is 0. The third-order valence-corrected chi connectivity index (χ3v) is 3.50. The zero-order valence-corrected chi connectivity index (χ0v) is 13.5. The Balaban J connectivity index is 1.71. The average Bonchev–Trinajstić information content (AvgIpc) is 2.54. The molecule has 2 aromatic rings. The monoisotopic (exact) mass is 315 g/mol. The Bertz CT molecular complexity index is 641. The van der Waals surface area contributed by atoms with Crippen LogP contribution >= 0.6 is 0 Å². The van der Waals surface area contributed by atoms with E-state index in [0.29, 0.717) is 18.5 Å². The normalized spacial score (nSPS) is 10.2. The van der Waals surface area contributed by atoms with Gasteiger partial charge in [0, 0.05) is 50.5 Å². The zero-order valence-electron chi connectivity index (χ0n) is 13.5. The van der Waals surface area contributed by atoms with Gasteiger partial charge < -0.3 is 15.5 Å². The molecule has 0 radical (unpaired) electrons. The molecule has 0 aromatic heterocycles. The van der Waals surface area contributed by atoms with Gasteiger partial charge in [-0.05, 0) is 30.3 Å². The summed E-state index contributed by atoms with van der Waals surface area (Å²) in [4.78, 5) is 13.8. The molecule has 5 heteroatoms. The summed E-state index contributed by atoms with van der Waals surface area (Å²) in [5.74, 6) is -0.405.